The molecule has 7 nitrogen and oxygen atoms in total. The molecule has 0 unspecified atom stereocenters. The third-order valence-electron chi connectivity index (χ3n) is 4.38. The molecule has 0 radical (unpaired) electrons. The minimum Gasteiger partial charge on any atom is -0.454 e. The molecule has 24 heavy (non-hydrogen) atoms. The van der Waals surface area contributed by atoms with Gasteiger partial charge in [-0.05, 0) is 25.0 Å². The zero-order valence-electron chi connectivity index (χ0n) is 13.1. The molecule has 1 aromatic heterocycles. The van der Waals surface area contributed by atoms with Crippen LogP contribution < -0.4 is 19.7 Å². The smallest absolute Gasteiger partial charge is 0.231 e. The van der Waals surface area contributed by atoms with Crippen LogP contribution in [0.1, 0.15) is 12.8 Å². The molecular weight excluding hydrogens is 308 g/mol. The molecule has 2 aliphatic rings. The van der Waals surface area contributed by atoms with Crippen LogP contribution in [0.15, 0.2) is 36.8 Å². The summed E-state index contributed by atoms with van der Waals surface area (Å²) in [6.45, 7) is 1.84. The van der Waals surface area contributed by atoms with Crippen LogP contribution in [-0.2, 0) is 4.79 Å². The predicted molar refractivity (Wildman–Crippen MR) is 88.2 cm³/mol. The number of hydrogen-bond donors (Lipinski definition) is 1. The maximum Gasteiger partial charge on any atom is 0.231 e. The lowest BCUT2D eigenvalue weighted by Gasteiger charge is -2.31. The van der Waals surface area contributed by atoms with Gasteiger partial charge in [-0.2, -0.15) is 0 Å². The third kappa shape index (κ3) is 2.97. The number of nitrogens with zero attached hydrogens (tertiary/aromatic N) is 3. The van der Waals surface area contributed by atoms with Gasteiger partial charge in [0.15, 0.2) is 11.5 Å². The van der Waals surface area contributed by atoms with Crippen molar-refractivity contribution in [2.24, 2.45) is 5.92 Å². The van der Waals surface area contributed by atoms with Crippen molar-refractivity contribution in [1.29, 1.82) is 0 Å². The lowest BCUT2D eigenvalue weighted by Crippen LogP contribution is -2.38. The van der Waals surface area contributed by atoms with Gasteiger partial charge in [0.05, 0.1) is 6.20 Å². The highest BCUT2D eigenvalue weighted by molar-refractivity contribution is 5.93. The highest BCUT2D eigenvalue weighted by atomic mass is 16.7. The molecule has 4 rings (SSSR count). The summed E-state index contributed by atoms with van der Waals surface area (Å²) < 4.78 is 10.6. The van der Waals surface area contributed by atoms with Gasteiger partial charge in [-0.25, -0.2) is 4.98 Å². The van der Waals surface area contributed by atoms with Gasteiger partial charge < -0.3 is 19.7 Å². The summed E-state index contributed by atoms with van der Waals surface area (Å²) in [6.07, 6.45) is 6.70. The molecule has 0 spiro atoms. The maximum absolute atomic E-state index is 12.5. The first-order chi connectivity index (χ1) is 11.8. The average molecular weight is 326 g/mol. The van der Waals surface area contributed by atoms with E-state index in [1.54, 1.807) is 24.7 Å². The number of hydrogen-bond acceptors (Lipinski definition) is 6. The van der Waals surface area contributed by atoms with E-state index in [0.29, 0.717) is 11.5 Å². The van der Waals surface area contributed by atoms with Crippen LogP contribution in [0.25, 0.3) is 0 Å². The number of piperidine rings is 1. The topological polar surface area (TPSA) is 76.6 Å². The van der Waals surface area contributed by atoms with Crippen LogP contribution in [0.4, 0.5) is 11.5 Å². The maximum atomic E-state index is 12.5. The first-order valence-electron chi connectivity index (χ1n) is 8.01. The second-order valence-corrected chi connectivity index (χ2v) is 5.88. The van der Waals surface area contributed by atoms with Crippen LogP contribution >= 0.6 is 0 Å². The third-order valence-corrected chi connectivity index (χ3v) is 4.38. The van der Waals surface area contributed by atoms with E-state index in [2.05, 4.69) is 20.2 Å². The van der Waals surface area contributed by atoms with Crippen LogP contribution in [0, 0.1) is 5.92 Å². The average Bonchev–Trinajstić information content (AvgIpc) is 3.10. The van der Waals surface area contributed by atoms with Gasteiger partial charge in [0, 0.05) is 43.2 Å². The summed E-state index contributed by atoms with van der Waals surface area (Å²) in [7, 11) is 0. The number of rotatable bonds is 3. The highest BCUT2D eigenvalue weighted by Crippen LogP contribution is 2.34. The van der Waals surface area contributed by atoms with E-state index in [0.717, 1.165) is 37.4 Å². The molecule has 0 saturated carbocycles. The molecule has 2 aromatic rings. The molecule has 0 aliphatic carbocycles. The minimum atomic E-state index is 0.00310. The summed E-state index contributed by atoms with van der Waals surface area (Å²) in [5.41, 5.74) is 0.737. The second-order valence-electron chi connectivity index (χ2n) is 5.88. The van der Waals surface area contributed by atoms with Crippen molar-refractivity contribution < 1.29 is 14.3 Å². The zero-order valence-corrected chi connectivity index (χ0v) is 13.1. The van der Waals surface area contributed by atoms with E-state index in [-0.39, 0.29) is 18.6 Å². The molecule has 1 fully saturated rings. The van der Waals surface area contributed by atoms with Crippen molar-refractivity contribution in [3.63, 3.8) is 0 Å². The summed E-state index contributed by atoms with van der Waals surface area (Å²) in [5.74, 6) is 2.30. The fourth-order valence-corrected chi connectivity index (χ4v) is 3.04. The number of fused-ring (bicyclic) bond motifs is 1. The van der Waals surface area contributed by atoms with Gasteiger partial charge in [-0.1, -0.05) is 0 Å². The van der Waals surface area contributed by atoms with E-state index >= 15 is 0 Å². The Bertz CT molecular complexity index is 730. The largest absolute Gasteiger partial charge is 0.454 e. The molecule has 7 heteroatoms. The van der Waals surface area contributed by atoms with Crippen molar-refractivity contribution in [2.45, 2.75) is 12.8 Å². The monoisotopic (exact) mass is 326 g/mol. The van der Waals surface area contributed by atoms with E-state index < -0.39 is 0 Å². The number of benzene rings is 1. The molecule has 1 aromatic carbocycles. The molecule has 0 atom stereocenters. The second kappa shape index (κ2) is 6.35. The Hall–Kier alpha value is -2.83. The number of carbonyl (C=O) groups is 1. The van der Waals surface area contributed by atoms with Gasteiger partial charge in [-0.3, -0.25) is 9.78 Å². The van der Waals surface area contributed by atoms with E-state index in [4.69, 9.17) is 9.47 Å². The van der Waals surface area contributed by atoms with Gasteiger partial charge in [0.2, 0.25) is 12.7 Å². The van der Waals surface area contributed by atoms with Gasteiger partial charge in [0.1, 0.15) is 5.82 Å². The number of carbonyl (C=O) groups excluding carboxylic acids is 1. The number of ether oxygens (including phenoxy) is 2. The van der Waals surface area contributed by atoms with Crippen molar-refractivity contribution in [2.75, 3.05) is 30.1 Å². The predicted octanol–water partition coefficient (Wildman–Crippen LogP) is 2.06. The standard InChI is InChI=1S/C17H18N4O3/c22-17(20-13-1-2-14-15(9-13)24-11-23-14)12-3-7-21(8-4-12)16-10-18-5-6-19-16/h1-2,5-6,9-10,12H,3-4,7-8,11H2,(H,20,22). The molecule has 1 N–H and O–H groups in total. The fraction of sp³-hybridized carbons (Fsp3) is 0.353. The van der Waals surface area contributed by atoms with E-state index in [1.165, 1.54) is 0 Å². The van der Waals surface area contributed by atoms with Gasteiger partial charge >= 0.3 is 0 Å². The highest BCUT2D eigenvalue weighted by Gasteiger charge is 2.26. The van der Waals surface area contributed by atoms with Crippen LogP contribution in [0.2, 0.25) is 0 Å². The number of nitrogens with one attached hydrogen (secondary N) is 1. The molecule has 3 heterocycles. The molecular formula is C17H18N4O3. The minimum absolute atomic E-state index is 0.00310. The lowest BCUT2D eigenvalue weighted by atomic mass is 9.96. The molecule has 1 amide bonds. The molecule has 0 bridgehead atoms. The van der Waals surface area contributed by atoms with E-state index in [1.807, 2.05) is 12.1 Å². The SMILES string of the molecule is O=C(Nc1ccc2c(c1)OCO2)C1CCN(c2cnccn2)CC1. The first kappa shape index (κ1) is 14.7. The van der Waals surface area contributed by atoms with Crippen molar-refractivity contribution in [1.82, 2.24) is 9.97 Å². The Morgan fingerprint density at radius 1 is 1.17 bits per heavy atom. The van der Waals surface area contributed by atoms with Crippen LogP contribution in [0.3, 0.4) is 0 Å². The van der Waals surface area contributed by atoms with Crippen LogP contribution in [0.5, 0.6) is 11.5 Å². The summed E-state index contributed by atoms with van der Waals surface area (Å²) in [5, 5.41) is 2.97. The Morgan fingerprint density at radius 3 is 2.79 bits per heavy atom. The molecule has 1 saturated heterocycles. The molecule has 2 aliphatic heterocycles. The summed E-state index contributed by atoms with van der Waals surface area (Å²) in [4.78, 5) is 23.0. The van der Waals surface area contributed by atoms with Crippen LogP contribution in [-0.4, -0.2) is 35.8 Å². The normalized spacial score (nSPS) is 16.9. The Labute approximate surface area is 139 Å². The summed E-state index contributed by atoms with van der Waals surface area (Å²) in [6, 6.07) is 5.45. The first-order valence-corrected chi connectivity index (χ1v) is 8.01. The Kier molecular flexibility index (Phi) is 3.90. The number of anilines is 2. The Balaban J connectivity index is 1.35. The Morgan fingerprint density at radius 2 is 2.00 bits per heavy atom. The van der Waals surface area contributed by atoms with Crippen molar-refractivity contribution >= 4 is 17.4 Å². The van der Waals surface area contributed by atoms with Gasteiger partial charge in [-0.15, -0.1) is 0 Å². The summed E-state index contributed by atoms with van der Waals surface area (Å²) >= 11 is 0. The van der Waals surface area contributed by atoms with Crippen molar-refractivity contribution in [3.05, 3.63) is 36.8 Å². The number of aromatic nitrogens is 2. The zero-order chi connectivity index (χ0) is 16.4. The lowest BCUT2D eigenvalue weighted by molar-refractivity contribution is -0.120. The number of amides is 1. The van der Waals surface area contributed by atoms with Gasteiger partial charge in [0.25, 0.3) is 0 Å². The quantitative estimate of drug-likeness (QED) is 0.930. The van der Waals surface area contributed by atoms with E-state index in [9.17, 15) is 4.79 Å². The fourth-order valence-electron chi connectivity index (χ4n) is 3.04. The molecule has 124 valence electrons. The van der Waals surface area contributed by atoms with Crippen molar-refractivity contribution in [3.8, 4) is 11.5 Å².